The Morgan fingerprint density at radius 2 is 1.65 bits per heavy atom. The van der Waals surface area contributed by atoms with Crippen molar-refractivity contribution in [3.8, 4) is 12.1 Å². The highest BCUT2D eigenvalue weighted by Gasteiger charge is 2.28. The summed E-state index contributed by atoms with van der Waals surface area (Å²) >= 11 is 0. The molecule has 0 aliphatic carbocycles. The number of esters is 1. The maximum Gasteiger partial charge on any atom is 0.374 e. The lowest BCUT2D eigenvalue weighted by Gasteiger charge is -2.03. The average molecular weight is 344 g/mol. The van der Waals surface area contributed by atoms with Crippen molar-refractivity contribution in [3.05, 3.63) is 70.0 Å². The molecule has 0 aliphatic heterocycles. The van der Waals surface area contributed by atoms with Gasteiger partial charge in [0, 0.05) is 17.0 Å². The number of aryl methyl sites for hydroxylation is 1. The third kappa shape index (κ3) is 2.70. The summed E-state index contributed by atoms with van der Waals surface area (Å²) in [5.41, 5.74) is 1.71. The Hall–Kier alpha value is -3.90. The maximum absolute atomic E-state index is 13.0. The number of hydrogen-bond acceptors (Lipinski definition) is 6. The van der Waals surface area contributed by atoms with Crippen LogP contribution < -0.4 is 0 Å². The molecule has 0 bridgehead atoms. The molecule has 0 saturated carbocycles. The van der Waals surface area contributed by atoms with Gasteiger partial charge in [-0.2, -0.15) is 10.5 Å². The van der Waals surface area contributed by atoms with E-state index in [1.54, 1.807) is 24.3 Å². The normalized spacial score (nSPS) is 10.2. The minimum Gasteiger partial charge on any atom is -0.463 e. The van der Waals surface area contributed by atoms with E-state index in [4.69, 9.17) is 14.4 Å². The molecule has 0 N–H and O–H groups in total. The fourth-order valence-corrected chi connectivity index (χ4v) is 2.64. The molecule has 3 aromatic rings. The summed E-state index contributed by atoms with van der Waals surface area (Å²) in [7, 11) is 1.18. The number of furan rings is 1. The molecule has 0 unspecified atom stereocenters. The van der Waals surface area contributed by atoms with Gasteiger partial charge in [0.1, 0.15) is 17.7 Å². The zero-order valence-electron chi connectivity index (χ0n) is 14.0. The number of nitrogens with zero attached hydrogens (tertiary/aromatic N) is 2. The third-order valence-electron chi connectivity index (χ3n) is 3.98. The van der Waals surface area contributed by atoms with Crippen LogP contribution in [0.25, 0.3) is 11.0 Å². The summed E-state index contributed by atoms with van der Waals surface area (Å²) in [5, 5.41) is 18.7. The van der Waals surface area contributed by atoms with Crippen LogP contribution in [-0.4, -0.2) is 18.9 Å². The van der Waals surface area contributed by atoms with Gasteiger partial charge in [0.15, 0.2) is 5.78 Å². The Morgan fingerprint density at radius 3 is 2.23 bits per heavy atom. The highest BCUT2D eigenvalue weighted by Crippen LogP contribution is 2.31. The molecule has 6 heteroatoms. The van der Waals surface area contributed by atoms with E-state index in [1.807, 2.05) is 19.1 Å². The molecular formula is C20H12N2O4. The van der Waals surface area contributed by atoms with E-state index >= 15 is 0 Å². The summed E-state index contributed by atoms with van der Waals surface area (Å²) < 4.78 is 10.2. The Labute approximate surface area is 148 Å². The van der Waals surface area contributed by atoms with Crippen molar-refractivity contribution in [2.45, 2.75) is 6.92 Å². The fourth-order valence-electron chi connectivity index (χ4n) is 2.64. The van der Waals surface area contributed by atoms with Crippen molar-refractivity contribution >= 4 is 22.7 Å². The van der Waals surface area contributed by atoms with Gasteiger partial charge >= 0.3 is 5.97 Å². The van der Waals surface area contributed by atoms with Gasteiger partial charge in [0.25, 0.3) is 0 Å². The molecule has 0 amide bonds. The first-order valence-electron chi connectivity index (χ1n) is 7.60. The third-order valence-corrected chi connectivity index (χ3v) is 3.98. The number of carbonyl (C=O) groups excluding carboxylic acids is 2. The van der Waals surface area contributed by atoms with Gasteiger partial charge in [-0.05, 0) is 13.0 Å². The predicted octanol–water partition coefficient (Wildman–Crippen LogP) is 3.50. The van der Waals surface area contributed by atoms with E-state index < -0.39 is 11.8 Å². The first-order valence-corrected chi connectivity index (χ1v) is 7.60. The number of ether oxygens (including phenoxy) is 1. The summed E-state index contributed by atoms with van der Waals surface area (Å²) in [6, 6.07) is 13.4. The highest BCUT2D eigenvalue weighted by atomic mass is 16.5. The lowest BCUT2D eigenvalue weighted by atomic mass is 9.97. The van der Waals surface area contributed by atoms with E-state index in [2.05, 4.69) is 0 Å². The van der Waals surface area contributed by atoms with Gasteiger partial charge in [0.05, 0.1) is 23.8 Å². The van der Waals surface area contributed by atoms with Crippen molar-refractivity contribution in [1.82, 2.24) is 0 Å². The van der Waals surface area contributed by atoms with Crippen molar-refractivity contribution in [2.75, 3.05) is 7.11 Å². The molecule has 1 heterocycles. The number of rotatable bonds is 3. The van der Waals surface area contributed by atoms with Crippen LogP contribution in [0.5, 0.6) is 0 Å². The number of ketones is 1. The van der Waals surface area contributed by atoms with Crippen LogP contribution in [0.15, 0.2) is 40.8 Å². The molecular weight excluding hydrogens is 332 g/mol. The molecule has 1 aromatic heterocycles. The molecule has 0 saturated heterocycles. The van der Waals surface area contributed by atoms with E-state index in [0.29, 0.717) is 5.56 Å². The molecule has 0 spiro atoms. The van der Waals surface area contributed by atoms with Crippen LogP contribution in [0.4, 0.5) is 0 Å². The molecule has 3 rings (SSSR count). The summed E-state index contributed by atoms with van der Waals surface area (Å²) in [6.45, 7) is 1.89. The second-order valence-corrected chi connectivity index (χ2v) is 5.61. The van der Waals surface area contributed by atoms with Crippen molar-refractivity contribution in [3.63, 3.8) is 0 Å². The van der Waals surface area contributed by atoms with Crippen LogP contribution in [0.3, 0.4) is 0 Å². The second-order valence-electron chi connectivity index (χ2n) is 5.61. The standard InChI is InChI=1S/C20H12N2O4/c1-11-3-5-12(6-4-11)18(23)17-15-7-13(9-21)14(10-22)8-16(15)26-19(17)20(24)25-2/h3-8H,1-2H3. The number of nitriles is 2. The highest BCUT2D eigenvalue weighted by molar-refractivity contribution is 6.20. The SMILES string of the molecule is COC(=O)c1oc2cc(C#N)c(C#N)cc2c1C(=O)c1ccc(C)cc1. The fraction of sp³-hybridized carbons (Fsp3) is 0.100. The monoisotopic (exact) mass is 344 g/mol. The number of hydrogen-bond donors (Lipinski definition) is 0. The molecule has 126 valence electrons. The van der Waals surface area contributed by atoms with Crippen molar-refractivity contribution in [1.29, 1.82) is 10.5 Å². The Bertz CT molecular complexity index is 1130. The lowest BCUT2D eigenvalue weighted by molar-refractivity contribution is 0.0564. The largest absolute Gasteiger partial charge is 0.463 e. The van der Waals surface area contributed by atoms with Crippen LogP contribution in [0, 0.1) is 29.6 Å². The first kappa shape index (κ1) is 16.9. The predicted molar refractivity (Wildman–Crippen MR) is 91.6 cm³/mol. The van der Waals surface area contributed by atoms with Gasteiger partial charge in [-0.25, -0.2) is 4.79 Å². The van der Waals surface area contributed by atoms with Crippen LogP contribution in [0.2, 0.25) is 0 Å². The first-order chi connectivity index (χ1) is 12.5. The van der Waals surface area contributed by atoms with E-state index in [1.165, 1.54) is 19.2 Å². The van der Waals surface area contributed by atoms with Crippen LogP contribution in [0.1, 0.15) is 43.2 Å². The topological polar surface area (TPSA) is 104 Å². The van der Waals surface area contributed by atoms with Gasteiger partial charge in [-0.15, -0.1) is 0 Å². The number of methoxy groups -OCH3 is 1. The summed E-state index contributed by atoms with van der Waals surface area (Å²) in [4.78, 5) is 25.1. The zero-order valence-corrected chi connectivity index (χ0v) is 14.0. The minimum absolute atomic E-state index is 0.0108. The van der Waals surface area contributed by atoms with Gasteiger partial charge < -0.3 is 9.15 Å². The Morgan fingerprint density at radius 1 is 1.04 bits per heavy atom. The van der Waals surface area contributed by atoms with E-state index in [0.717, 1.165) is 5.56 Å². The lowest BCUT2D eigenvalue weighted by Crippen LogP contribution is -2.09. The number of benzene rings is 2. The zero-order chi connectivity index (χ0) is 18.8. The number of fused-ring (bicyclic) bond motifs is 1. The molecule has 0 radical (unpaired) electrons. The molecule has 2 aromatic carbocycles. The molecule has 0 atom stereocenters. The molecule has 26 heavy (non-hydrogen) atoms. The van der Waals surface area contributed by atoms with E-state index in [-0.39, 0.29) is 33.4 Å². The molecule has 6 nitrogen and oxygen atoms in total. The quantitative estimate of drug-likeness (QED) is 0.532. The van der Waals surface area contributed by atoms with Crippen molar-refractivity contribution < 1.29 is 18.7 Å². The van der Waals surface area contributed by atoms with Gasteiger partial charge in [-0.1, -0.05) is 29.8 Å². The van der Waals surface area contributed by atoms with Gasteiger partial charge in [0.2, 0.25) is 5.76 Å². The van der Waals surface area contributed by atoms with Gasteiger partial charge in [-0.3, -0.25) is 4.79 Å². The Balaban J connectivity index is 2.32. The van der Waals surface area contributed by atoms with Crippen molar-refractivity contribution in [2.24, 2.45) is 0 Å². The summed E-state index contributed by atoms with van der Waals surface area (Å²) in [5.74, 6) is -1.50. The van der Waals surface area contributed by atoms with E-state index in [9.17, 15) is 14.9 Å². The summed E-state index contributed by atoms with van der Waals surface area (Å²) in [6.07, 6.45) is 0. The minimum atomic E-state index is -0.811. The van der Waals surface area contributed by atoms with Crippen LogP contribution >= 0.6 is 0 Å². The second kappa shape index (κ2) is 6.54. The Kier molecular flexibility index (Phi) is 4.26. The molecule has 0 aliphatic rings. The number of carbonyl (C=O) groups is 2. The van der Waals surface area contributed by atoms with Crippen LogP contribution in [-0.2, 0) is 4.74 Å². The maximum atomic E-state index is 13.0. The smallest absolute Gasteiger partial charge is 0.374 e. The molecule has 0 fully saturated rings. The average Bonchev–Trinajstić information content (AvgIpc) is 3.04.